The molecule has 7 heteroatoms. The summed E-state index contributed by atoms with van der Waals surface area (Å²) in [6.45, 7) is 0.616. The molecule has 0 fully saturated rings. The highest BCUT2D eigenvalue weighted by Gasteiger charge is 2.09. The Morgan fingerprint density at radius 2 is 1.76 bits per heavy atom. The number of benzene rings is 2. The van der Waals surface area contributed by atoms with Crippen molar-refractivity contribution in [2.24, 2.45) is 5.73 Å². The van der Waals surface area contributed by atoms with Gasteiger partial charge in [0, 0.05) is 34.7 Å². The molecule has 0 radical (unpaired) electrons. The van der Waals surface area contributed by atoms with Crippen molar-refractivity contribution in [3.63, 3.8) is 0 Å². The Balaban J connectivity index is 0.00000156. The van der Waals surface area contributed by atoms with Gasteiger partial charge in [-0.1, -0.05) is 41.9 Å². The molecule has 25 heavy (non-hydrogen) atoms. The van der Waals surface area contributed by atoms with Gasteiger partial charge in [0.1, 0.15) is 0 Å². The molecule has 1 aromatic heterocycles. The zero-order valence-corrected chi connectivity index (χ0v) is 15.7. The standard InChI is InChI=1S/C18H18ClN3O.2ClH/c19-13-7-5-12(6-8-13)17-9-18(21-11-14(23)10-20)15-3-1-2-4-16(15)22-17;;/h1-9,14,23H,10-11,20H2,(H,21,22);2*1H. The third kappa shape index (κ3) is 5.21. The summed E-state index contributed by atoms with van der Waals surface area (Å²) < 4.78 is 0. The molecule has 3 aromatic rings. The van der Waals surface area contributed by atoms with Crippen LogP contribution in [0.1, 0.15) is 0 Å². The summed E-state index contributed by atoms with van der Waals surface area (Å²) >= 11 is 5.95. The monoisotopic (exact) mass is 399 g/mol. The molecule has 0 amide bonds. The first-order chi connectivity index (χ1) is 11.2. The lowest BCUT2D eigenvalue weighted by molar-refractivity contribution is 0.196. The maximum absolute atomic E-state index is 9.69. The molecule has 1 heterocycles. The van der Waals surface area contributed by atoms with Crippen LogP contribution >= 0.6 is 36.4 Å². The van der Waals surface area contributed by atoms with Crippen LogP contribution in [0, 0.1) is 0 Å². The number of pyridine rings is 1. The topological polar surface area (TPSA) is 71.2 Å². The highest BCUT2D eigenvalue weighted by atomic mass is 35.5. The fraction of sp³-hybridized carbons (Fsp3) is 0.167. The number of aromatic nitrogens is 1. The number of nitrogens with one attached hydrogen (secondary N) is 1. The van der Waals surface area contributed by atoms with Crippen molar-refractivity contribution in [1.82, 2.24) is 4.98 Å². The molecule has 0 aliphatic heterocycles. The van der Waals surface area contributed by atoms with Crippen molar-refractivity contribution in [3.05, 3.63) is 59.6 Å². The van der Waals surface area contributed by atoms with Gasteiger partial charge in [0.25, 0.3) is 0 Å². The summed E-state index contributed by atoms with van der Waals surface area (Å²) in [5, 5.41) is 14.7. The van der Waals surface area contributed by atoms with E-state index in [9.17, 15) is 5.11 Å². The molecule has 2 aromatic carbocycles. The van der Waals surface area contributed by atoms with Crippen LogP contribution < -0.4 is 11.1 Å². The molecule has 1 unspecified atom stereocenters. The Morgan fingerprint density at radius 3 is 2.44 bits per heavy atom. The molecule has 0 saturated carbocycles. The first-order valence-corrected chi connectivity index (χ1v) is 7.83. The molecule has 134 valence electrons. The summed E-state index contributed by atoms with van der Waals surface area (Å²) in [5.74, 6) is 0. The third-order valence-electron chi connectivity index (χ3n) is 3.66. The molecule has 3 rings (SSSR count). The highest BCUT2D eigenvalue weighted by Crippen LogP contribution is 2.28. The van der Waals surface area contributed by atoms with E-state index >= 15 is 0 Å². The fourth-order valence-corrected chi connectivity index (χ4v) is 2.53. The van der Waals surface area contributed by atoms with E-state index in [0.29, 0.717) is 11.6 Å². The molecule has 0 spiro atoms. The number of anilines is 1. The Kier molecular flexibility index (Phi) is 8.42. The SMILES string of the molecule is Cl.Cl.NCC(O)CNc1cc(-c2ccc(Cl)cc2)nc2ccccc12. The smallest absolute Gasteiger partial charge is 0.0834 e. The van der Waals surface area contributed by atoms with Crippen molar-refractivity contribution < 1.29 is 5.11 Å². The van der Waals surface area contributed by atoms with Gasteiger partial charge in [0.2, 0.25) is 0 Å². The lowest BCUT2D eigenvalue weighted by Gasteiger charge is -2.14. The fourth-order valence-electron chi connectivity index (χ4n) is 2.40. The summed E-state index contributed by atoms with van der Waals surface area (Å²) in [4.78, 5) is 4.71. The highest BCUT2D eigenvalue weighted by molar-refractivity contribution is 6.30. The summed E-state index contributed by atoms with van der Waals surface area (Å²) in [6.07, 6.45) is -0.582. The molecular weight excluding hydrogens is 381 g/mol. The van der Waals surface area contributed by atoms with Crippen LogP contribution in [-0.4, -0.2) is 29.3 Å². The lowest BCUT2D eigenvalue weighted by Crippen LogP contribution is -2.27. The average molecular weight is 401 g/mol. The normalized spacial score (nSPS) is 11.3. The number of nitrogens with zero attached hydrogens (tertiary/aromatic N) is 1. The molecule has 0 aliphatic rings. The molecule has 1 atom stereocenters. The number of hydrogen-bond acceptors (Lipinski definition) is 4. The van der Waals surface area contributed by atoms with Crippen LogP contribution in [0.25, 0.3) is 22.2 Å². The predicted molar refractivity (Wildman–Crippen MR) is 110 cm³/mol. The third-order valence-corrected chi connectivity index (χ3v) is 3.91. The first-order valence-electron chi connectivity index (χ1n) is 7.45. The minimum atomic E-state index is -0.582. The van der Waals surface area contributed by atoms with Gasteiger partial charge in [-0.3, -0.25) is 0 Å². The largest absolute Gasteiger partial charge is 0.390 e. The molecule has 4 nitrogen and oxygen atoms in total. The molecule has 4 N–H and O–H groups in total. The van der Waals surface area contributed by atoms with Gasteiger partial charge in [0.15, 0.2) is 0 Å². The van der Waals surface area contributed by atoms with Crippen molar-refractivity contribution in [3.8, 4) is 11.3 Å². The second-order valence-corrected chi connectivity index (χ2v) is 5.79. The number of rotatable bonds is 5. The van der Waals surface area contributed by atoms with Crippen molar-refractivity contribution in [2.75, 3.05) is 18.4 Å². The number of aliphatic hydroxyl groups excluding tert-OH is 1. The first kappa shape index (κ1) is 21.5. The maximum atomic E-state index is 9.69. The molecular formula is C18H20Cl3N3O. The van der Waals surface area contributed by atoms with E-state index in [-0.39, 0.29) is 31.4 Å². The summed E-state index contributed by atoms with van der Waals surface area (Å²) in [7, 11) is 0. The Labute approximate surface area is 164 Å². The maximum Gasteiger partial charge on any atom is 0.0834 e. The lowest BCUT2D eigenvalue weighted by atomic mass is 10.1. The van der Waals surface area contributed by atoms with Gasteiger partial charge in [-0.05, 0) is 24.3 Å². The van der Waals surface area contributed by atoms with Crippen molar-refractivity contribution >= 4 is 53.0 Å². The second kappa shape index (κ2) is 9.80. The Morgan fingerprint density at radius 1 is 1.08 bits per heavy atom. The Hall–Kier alpha value is -1.56. The quantitative estimate of drug-likeness (QED) is 0.602. The Bertz CT molecular complexity index is 812. The summed E-state index contributed by atoms with van der Waals surface area (Å²) in [5.41, 5.74) is 9.13. The minimum Gasteiger partial charge on any atom is -0.390 e. The number of fused-ring (bicyclic) bond motifs is 1. The van der Waals surface area contributed by atoms with Crippen LogP contribution in [0.4, 0.5) is 5.69 Å². The summed E-state index contributed by atoms with van der Waals surface area (Å²) in [6, 6.07) is 17.5. The van der Waals surface area contributed by atoms with Gasteiger partial charge in [-0.15, -0.1) is 24.8 Å². The van der Waals surface area contributed by atoms with E-state index in [2.05, 4.69) is 5.32 Å². The average Bonchev–Trinajstić information content (AvgIpc) is 2.59. The van der Waals surface area contributed by atoms with Crippen LogP contribution in [0.3, 0.4) is 0 Å². The van der Waals surface area contributed by atoms with Crippen molar-refractivity contribution in [2.45, 2.75) is 6.10 Å². The zero-order chi connectivity index (χ0) is 16.2. The molecule has 0 saturated heterocycles. The molecule has 0 bridgehead atoms. The van der Waals surface area contributed by atoms with Gasteiger partial charge in [0.05, 0.1) is 17.3 Å². The van der Waals surface area contributed by atoms with E-state index in [0.717, 1.165) is 27.8 Å². The number of halogens is 3. The van der Waals surface area contributed by atoms with E-state index in [1.807, 2.05) is 54.6 Å². The second-order valence-electron chi connectivity index (χ2n) is 5.35. The zero-order valence-electron chi connectivity index (χ0n) is 13.4. The number of nitrogens with two attached hydrogens (primary N) is 1. The minimum absolute atomic E-state index is 0. The number of aliphatic hydroxyl groups is 1. The number of para-hydroxylation sites is 1. The van der Waals surface area contributed by atoms with Crippen LogP contribution in [0.5, 0.6) is 0 Å². The van der Waals surface area contributed by atoms with E-state index < -0.39 is 6.10 Å². The van der Waals surface area contributed by atoms with Crippen LogP contribution in [0.2, 0.25) is 5.02 Å². The van der Waals surface area contributed by atoms with Gasteiger partial charge in [-0.2, -0.15) is 0 Å². The molecule has 0 aliphatic carbocycles. The van der Waals surface area contributed by atoms with Gasteiger partial charge >= 0.3 is 0 Å². The van der Waals surface area contributed by atoms with E-state index in [1.165, 1.54) is 0 Å². The van der Waals surface area contributed by atoms with Gasteiger partial charge in [-0.25, -0.2) is 4.98 Å². The van der Waals surface area contributed by atoms with E-state index in [4.69, 9.17) is 22.3 Å². The van der Waals surface area contributed by atoms with E-state index in [1.54, 1.807) is 0 Å². The van der Waals surface area contributed by atoms with Crippen molar-refractivity contribution in [1.29, 1.82) is 0 Å². The van der Waals surface area contributed by atoms with Gasteiger partial charge < -0.3 is 16.2 Å². The van der Waals surface area contributed by atoms with Crippen LogP contribution in [-0.2, 0) is 0 Å². The van der Waals surface area contributed by atoms with Crippen LogP contribution in [0.15, 0.2) is 54.6 Å². The number of hydrogen-bond donors (Lipinski definition) is 3. The predicted octanol–water partition coefficient (Wildman–Crippen LogP) is 4.13.